The van der Waals surface area contributed by atoms with Crippen molar-refractivity contribution in [3.05, 3.63) is 108 Å². The number of carbonyl (C=O) groups is 1. The van der Waals surface area contributed by atoms with Crippen LogP contribution in [0.2, 0.25) is 0 Å². The number of ether oxygens (including phenoxy) is 1. The first-order valence-electron chi connectivity index (χ1n) is 9.18. The van der Waals surface area contributed by atoms with Crippen molar-refractivity contribution < 1.29 is 14.6 Å². The van der Waals surface area contributed by atoms with E-state index in [4.69, 9.17) is 4.74 Å². The molecule has 0 bridgehead atoms. The molecule has 0 heterocycles. The Kier molecular flexibility index (Phi) is 6.05. The summed E-state index contributed by atoms with van der Waals surface area (Å²) in [4.78, 5) is 11.2. The highest BCUT2D eigenvalue weighted by molar-refractivity contribution is 5.69. The smallest absolute Gasteiger partial charge is 0.306 e. The molecule has 0 saturated heterocycles. The van der Waals surface area contributed by atoms with E-state index in [1.807, 2.05) is 54.6 Å². The van der Waals surface area contributed by atoms with Crippen molar-refractivity contribution in [1.29, 1.82) is 0 Å². The molecule has 0 radical (unpaired) electrons. The van der Waals surface area contributed by atoms with Crippen molar-refractivity contribution in [3.63, 3.8) is 0 Å². The summed E-state index contributed by atoms with van der Waals surface area (Å²) in [6.07, 6.45) is 0.448. The summed E-state index contributed by atoms with van der Waals surface area (Å²) in [5.41, 5.74) is 2.27. The van der Waals surface area contributed by atoms with Gasteiger partial charge in [-0.1, -0.05) is 97.9 Å². The van der Waals surface area contributed by atoms with Gasteiger partial charge >= 0.3 is 5.97 Å². The molecule has 3 aromatic rings. The van der Waals surface area contributed by atoms with Crippen LogP contribution in [0.15, 0.2) is 91.0 Å². The molecule has 0 amide bonds. The number of benzene rings is 3. The van der Waals surface area contributed by atoms with Crippen LogP contribution in [0.4, 0.5) is 0 Å². The van der Waals surface area contributed by atoms with Crippen molar-refractivity contribution in [1.82, 2.24) is 0 Å². The van der Waals surface area contributed by atoms with Gasteiger partial charge in [0.05, 0.1) is 5.92 Å². The van der Waals surface area contributed by atoms with Crippen molar-refractivity contribution in [2.75, 3.05) is 6.61 Å². The summed E-state index contributed by atoms with van der Waals surface area (Å²) < 4.78 is 6.55. The maximum absolute atomic E-state index is 11.2. The molecule has 0 aliphatic heterocycles. The lowest BCUT2D eigenvalue weighted by Crippen LogP contribution is -2.33. The van der Waals surface area contributed by atoms with Gasteiger partial charge in [0.25, 0.3) is 0 Å². The zero-order chi connectivity index (χ0) is 19.1. The highest BCUT2D eigenvalue weighted by atomic mass is 16.5. The van der Waals surface area contributed by atoms with E-state index < -0.39 is 17.5 Å². The van der Waals surface area contributed by atoms with E-state index in [0.717, 1.165) is 16.7 Å². The second kappa shape index (κ2) is 8.65. The normalized spacial score (nSPS) is 12.5. The quantitative estimate of drug-likeness (QED) is 0.568. The predicted octanol–water partition coefficient (Wildman–Crippen LogP) is 5.11. The average molecular weight is 360 g/mol. The fourth-order valence-electron chi connectivity index (χ4n) is 3.28. The van der Waals surface area contributed by atoms with Gasteiger partial charge < -0.3 is 9.84 Å². The van der Waals surface area contributed by atoms with Gasteiger partial charge in [0.1, 0.15) is 5.60 Å². The highest BCUT2D eigenvalue weighted by Gasteiger charge is 2.37. The van der Waals surface area contributed by atoms with Gasteiger partial charge in [-0.2, -0.15) is 0 Å². The standard InChI is InChI=1S/C24H24O3/c1-19(23(25)26)17-18-27-24(20-11-5-2-6-12-20,21-13-7-3-8-14-21)22-15-9-4-10-16-22/h2-16,19H,17-18H2,1H3,(H,25,26)/t19-/m0/s1. The highest BCUT2D eigenvalue weighted by Crippen LogP contribution is 2.40. The Labute approximate surface area is 160 Å². The molecule has 27 heavy (non-hydrogen) atoms. The lowest BCUT2D eigenvalue weighted by atomic mass is 9.80. The molecule has 3 heteroatoms. The minimum absolute atomic E-state index is 0.339. The van der Waals surface area contributed by atoms with Crippen molar-refractivity contribution in [3.8, 4) is 0 Å². The van der Waals surface area contributed by atoms with Gasteiger partial charge in [0, 0.05) is 6.61 Å². The van der Waals surface area contributed by atoms with E-state index in [1.165, 1.54) is 0 Å². The zero-order valence-electron chi connectivity index (χ0n) is 15.4. The Morgan fingerprint density at radius 2 is 1.19 bits per heavy atom. The van der Waals surface area contributed by atoms with Gasteiger partial charge in [-0.3, -0.25) is 4.79 Å². The van der Waals surface area contributed by atoms with Crippen LogP contribution in [0, 0.1) is 5.92 Å². The minimum atomic E-state index is -0.802. The topological polar surface area (TPSA) is 46.5 Å². The van der Waals surface area contributed by atoms with Gasteiger partial charge in [-0.15, -0.1) is 0 Å². The van der Waals surface area contributed by atoms with E-state index in [0.29, 0.717) is 13.0 Å². The Morgan fingerprint density at radius 1 is 0.815 bits per heavy atom. The molecule has 0 aliphatic carbocycles. The Morgan fingerprint density at radius 3 is 1.52 bits per heavy atom. The van der Waals surface area contributed by atoms with Crippen LogP contribution in [0.1, 0.15) is 30.0 Å². The summed E-state index contributed by atoms with van der Waals surface area (Å²) in [7, 11) is 0. The molecular weight excluding hydrogens is 336 g/mol. The summed E-state index contributed by atoms with van der Waals surface area (Å²) in [5, 5.41) is 9.21. The van der Waals surface area contributed by atoms with E-state index in [9.17, 15) is 9.90 Å². The lowest BCUT2D eigenvalue weighted by molar-refractivity contribution is -0.142. The van der Waals surface area contributed by atoms with E-state index >= 15 is 0 Å². The molecule has 3 aromatic carbocycles. The Balaban J connectivity index is 2.10. The lowest BCUT2D eigenvalue weighted by Gasteiger charge is -2.36. The molecule has 138 valence electrons. The van der Waals surface area contributed by atoms with Gasteiger partial charge in [-0.05, 0) is 23.1 Å². The van der Waals surface area contributed by atoms with Crippen LogP contribution in [-0.2, 0) is 15.1 Å². The average Bonchev–Trinajstić information content (AvgIpc) is 2.73. The fourth-order valence-corrected chi connectivity index (χ4v) is 3.28. The molecule has 0 aromatic heterocycles. The third-order valence-corrected chi connectivity index (χ3v) is 4.83. The zero-order valence-corrected chi connectivity index (χ0v) is 15.4. The number of hydrogen-bond acceptors (Lipinski definition) is 2. The molecule has 3 rings (SSSR count). The maximum atomic E-state index is 11.2. The van der Waals surface area contributed by atoms with E-state index in [2.05, 4.69) is 36.4 Å². The molecule has 3 nitrogen and oxygen atoms in total. The van der Waals surface area contributed by atoms with Crippen LogP contribution in [0.25, 0.3) is 0 Å². The minimum Gasteiger partial charge on any atom is -0.481 e. The molecule has 1 atom stereocenters. The predicted molar refractivity (Wildman–Crippen MR) is 107 cm³/mol. The van der Waals surface area contributed by atoms with Crippen LogP contribution in [0.3, 0.4) is 0 Å². The third-order valence-electron chi connectivity index (χ3n) is 4.83. The first-order chi connectivity index (χ1) is 13.1. The first-order valence-corrected chi connectivity index (χ1v) is 9.18. The number of aliphatic carboxylic acids is 1. The van der Waals surface area contributed by atoms with Gasteiger partial charge in [0.15, 0.2) is 0 Å². The monoisotopic (exact) mass is 360 g/mol. The number of hydrogen-bond donors (Lipinski definition) is 1. The summed E-state index contributed by atoms with van der Waals surface area (Å²) in [6.45, 7) is 2.05. The van der Waals surface area contributed by atoms with Crippen LogP contribution in [0.5, 0.6) is 0 Å². The molecule has 0 aliphatic rings. The van der Waals surface area contributed by atoms with Gasteiger partial charge in [-0.25, -0.2) is 0 Å². The van der Waals surface area contributed by atoms with Crippen LogP contribution in [-0.4, -0.2) is 17.7 Å². The molecule has 0 spiro atoms. The first kappa shape index (κ1) is 18.9. The molecule has 1 N–H and O–H groups in total. The number of rotatable bonds is 8. The number of carboxylic acids is 1. The van der Waals surface area contributed by atoms with Crippen LogP contribution >= 0.6 is 0 Å². The van der Waals surface area contributed by atoms with E-state index in [-0.39, 0.29) is 0 Å². The molecule has 0 saturated carbocycles. The summed E-state index contributed by atoms with van der Waals surface area (Å²) in [6, 6.07) is 30.3. The maximum Gasteiger partial charge on any atom is 0.306 e. The van der Waals surface area contributed by atoms with Crippen molar-refractivity contribution in [2.24, 2.45) is 5.92 Å². The summed E-state index contributed by atoms with van der Waals surface area (Å²) >= 11 is 0. The van der Waals surface area contributed by atoms with Gasteiger partial charge in [0.2, 0.25) is 0 Å². The second-order valence-corrected chi connectivity index (χ2v) is 6.66. The second-order valence-electron chi connectivity index (χ2n) is 6.66. The van der Waals surface area contributed by atoms with Crippen molar-refractivity contribution >= 4 is 5.97 Å². The molecular formula is C24H24O3. The number of carboxylic acid groups (broad SMARTS) is 1. The van der Waals surface area contributed by atoms with Crippen molar-refractivity contribution in [2.45, 2.75) is 18.9 Å². The van der Waals surface area contributed by atoms with E-state index in [1.54, 1.807) is 6.92 Å². The largest absolute Gasteiger partial charge is 0.481 e. The Hall–Kier alpha value is -2.91. The molecule has 0 fully saturated rings. The third kappa shape index (κ3) is 4.09. The summed E-state index contributed by atoms with van der Waals surface area (Å²) in [5.74, 6) is -1.26. The molecule has 0 unspecified atom stereocenters. The Bertz CT molecular complexity index is 748. The fraction of sp³-hybridized carbons (Fsp3) is 0.208. The van der Waals surface area contributed by atoms with Crippen LogP contribution < -0.4 is 0 Å². The SMILES string of the molecule is C[C@@H](CCOC(c1ccccc1)(c1ccccc1)c1ccccc1)C(=O)O.